The summed E-state index contributed by atoms with van der Waals surface area (Å²) in [6.07, 6.45) is 0.301. The van der Waals surface area contributed by atoms with Gasteiger partial charge in [0.05, 0.1) is 4.47 Å². The van der Waals surface area contributed by atoms with Crippen molar-refractivity contribution < 1.29 is 23.0 Å². The van der Waals surface area contributed by atoms with E-state index in [2.05, 4.69) is 30.6 Å². The number of hydrogen-bond donors (Lipinski definition) is 1. The quantitative estimate of drug-likeness (QED) is 0.437. The number of benzene rings is 2. The van der Waals surface area contributed by atoms with Crippen molar-refractivity contribution in [3.63, 3.8) is 0 Å². The Morgan fingerprint density at radius 2 is 1.65 bits per heavy atom. The lowest BCUT2D eigenvalue weighted by molar-refractivity contribution is -0.274. The van der Waals surface area contributed by atoms with Gasteiger partial charge in [0.1, 0.15) is 11.5 Å². The Bertz CT molecular complexity index is 996. The molecular formula is C22H21BrF3N3O2. The van der Waals surface area contributed by atoms with Crippen molar-refractivity contribution >= 4 is 21.9 Å². The highest BCUT2D eigenvalue weighted by Gasteiger charge is 2.31. The van der Waals surface area contributed by atoms with Gasteiger partial charge >= 0.3 is 6.36 Å². The average Bonchev–Trinajstić information content (AvgIpc) is 2.74. The van der Waals surface area contributed by atoms with Crippen LogP contribution in [0.1, 0.15) is 23.6 Å². The monoisotopic (exact) mass is 495 g/mol. The Labute approximate surface area is 186 Å². The van der Waals surface area contributed by atoms with E-state index in [9.17, 15) is 18.3 Å². The van der Waals surface area contributed by atoms with Crippen molar-refractivity contribution in [3.05, 3.63) is 76.0 Å². The van der Waals surface area contributed by atoms with Gasteiger partial charge in [-0.25, -0.2) is 9.97 Å². The predicted molar refractivity (Wildman–Crippen MR) is 115 cm³/mol. The van der Waals surface area contributed by atoms with E-state index in [-0.39, 0.29) is 11.5 Å². The summed E-state index contributed by atoms with van der Waals surface area (Å²) >= 11 is 3.31. The molecule has 0 aliphatic rings. The molecule has 31 heavy (non-hydrogen) atoms. The fraction of sp³-hybridized carbons (Fsp3) is 0.273. The normalized spacial score (nSPS) is 11.4. The van der Waals surface area contributed by atoms with E-state index < -0.39 is 6.36 Å². The summed E-state index contributed by atoms with van der Waals surface area (Å²) in [6, 6.07) is 11.1. The molecule has 0 amide bonds. The molecule has 0 spiro atoms. The number of anilines is 1. The highest BCUT2D eigenvalue weighted by atomic mass is 79.9. The summed E-state index contributed by atoms with van der Waals surface area (Å²) in [7, 11) is 0. The minimum Gasteiger partial charge on any atom is -0.507 e. The molecule has 1 aromatic heterocycles. The van der Waals surface area contributed by atoms with Crippen LogP contribution in [0.5, 0.6) is 11.5 Å². The number of phenols is 1. The molecule has 0 bridgehead atoms. The van der Waals surface area contributed by atoms with Crippen LogP contribution in [0.2, 0.25) is 0 Å². The Hall–Kier alpha value is -2.81. The van der Waals surface area contributed by atoms with E-state index in [1.807, 2.05) is 24.0 Å². The van der Waals surface area contributed by atoms with Gasteiger partial charge in [-0.05, 0) is 69.7 Å². The zero-order valence-corrected chi connectivity index (χ0v) is 18.3. The van der Waals surface area contributed by atoms with Gasteiger partial charge in [-0.3, -0.25) is 0 Å². The second kappa shape index (κ2) is 10.00. The first-order valence-electron chi connectivity index (χ1n) is 9.61. The molecule has 1 N–H and O–H groups in total. The molecule has 0 aliphatic heterocycles. The SMILES string of the molecule is CCc1cnc(N(CCc2ccc(O)c(Br)c2)Cc2ccc(OC(F)(F)F)cc2)nc1. The van der Waals surface area contributed by atoms with Crippen LogP contribution in [0, 0.1) is 0 Å². The number of hydrogen-bond acceptors (Lipinski definition) is 5. The van der Waals surface area contributed by atoms with Crippen LogP contribution in [0.25, 0.3) is 0 Å². The number of aromatic nitrogens is 2. The van der Waals surface area contributed by atoms with E-state index in [0.717, 1.165) is 23.1 Å². The third kappa shape index (κ3) is 6.85. The maximum absolute atomic E-state index is 12.4. The minimum atomic E-state index is -4.72. The third-order valence-corrected chi connectivity index (χ3v) is 5.23. The van der Waals surface area contributed by atoms with Gasteiger partial charge in [0.25, 0.3) is 0 Å². The lowest BCUT2D eigenvalue weighted by atomic mass is 10.1. The van der Waals surface area contributed by atoms with Crippen LogP contribution in [0.4, 0.5) is 19.1 Å². The Morgan fingerprint density at radius 3 is 2.23 bits per heavy atom. The van der Waals surface area contributed by atoms with Gasteiger partial charge < -0.3 is 14.7 Å². The first kappa shape index (κ1) is 22.9. The molecule has 3 rings (SSSR count). The number of nitrogens with zero attached hydrogens (tertiary/aromatic N) is 3. The van der Waals surface area contributed by atoms with Crippen LogP contribution in [0.3, 0.4) is 0 Å². The van der Waals surface area contributed by atoms with Crippen molar-refractivity contribution in [2.45, 2.75) is 32.7 Å². The fourth-order valence-corrected chi connectivity index (χ4v) is 3.36. The van der Waals surface area contributed by atoms with Crippen LogP contribution in [-0.4, -0.2) is 28.0 Å². The first-order chi connectivity index (χ1) is 14.7. The molecule has 0 atom stereocenters. The molecule has 9 heteroatoms. The number of alkyl halides is 3. The number of halogens is 4. The van der Waals surface area contributed by atoms with Gasteiger partial charge in [-0.2, -0.15) is 0 Å². The molecule has 3 aromatic rings. The zero-order valence-electron chi connectivity index (χ0n) is 16.7. The standard InChI is InChI=1S/C22H21BrF3N3O2/c1-2-15-12-27-21(28-13-15)29(10-9-16-5-8-20(30)19(23)11-16)14-17-3-6-18(7-4-17)31-22(24,25)26/h3-8,11-13,30H,2,9-10,14H2,1H3. The van der Waals surface area contributed by atoms with Crippen molar-refractivity contribution in [2.24, 2.45) is 0 Å². The highest BCUT2D eigenvalue weighted by molar-refractivity contribution is 9.10. The summed E-state index contributed by atoms with van der Waals surface area (Å²) in [5.74, 6) is 0.436. The fourth-order valence-electron chi connectivity index (χ4n) is 2.93. The van der Waals surface area contributed by atoms with E-state index in [4.69, 9.17) is 0 Å². The molecule has 0 fully saturated rings. The third-order valence-electron chi connectivity index (χ3n) is 4.60. The van der Waals surface area contributed by atoms with E-state index in [0.29, 0.717) is 29.9 Å². The number of phenolic OH excluding ortho intramolecular Hbond substituents is 1. The van der Waals surface area contributed by atoms with Gasteiger partial charge in [0, 0.05) is 25.5 Å². The van der Waals surface area contributed by atoms with Gasteiger partial charge in [-0.1, -0.05) is 25.1 Å². The molecule has 0 radical (unpaired) electrons. The summed E-state index contributed by atoms with van der Waals surface area (Å²) in [4.78, 5) is 10.9. The molecule has 0 saturated carbocycles. The van der Waals surface area contributed by atoms with Crippen molar-refractivity contribution in [3.8, 4) is 11.5 Å². The number of rotatable bonds is 8. The molecule has 2 aromatic carbocycles. The van der Waals surface area contributed by atoms with Crippen molar-refractivity contribution in [1.82, 2.24) is 9.97 Å². The zero-order chi connectivity index (χ0) is 22.4. The average molecular weight is 496 g/mol. The van der Waals surface area contributed by atoms with E-state index in [1.165, 1.54) is 12.1 Å². The second-order valence-corrected chi connectivity index (χ2v) is 7.75. The first-order valence-corrected chi connectivity index (χ1v) is 10.4. The topological polar surface area (TPSA) is 58.5 Å². The van der Waals surface area contributed by atoms with Crippen LogP contribution < -0.4 is 9.64 Å². The Morgan fingerprint density at radius 1 is 1.00 bits per heavy atom. The maximum atomic E-state index is 12.4. The molecule has 5 nitrogen and oxygen atoms in total. The van der Waals surface area contributed by atoms with Gasteiger partial charge in [-0.15, -0.1) is 13.2 Å². The second-order valence-electron chi connectivity index (χ2n) is 6.89. The van der Waals surface area contributed by atoms with E-state index in [1.54, 1.807) is 30.6 Å². The van der Waals surface area contributed by atoms with Crippen LogP contribution in [0.15, 0.2) is 59.3 Å². The van der Waals surface area contributed by atoms with Crippen molar-refractivity contribution in [2.75, 3.05) is 11.4 Å². The lowest BCUT2D eigenvalue weighted by Gasteiger charge is -2.23. The summed E-state index contributed by atoms with van der Waals surface area (Å²) < 4.78 is 41.7. The lowest BCUT2D eigenvalue weighted by Crippen LogP contribution is -2.27. The van der Waals surface area contributed by atoms with Gasteiger partial charge in [0.15, 0.2) is 0 Å². The van der Waals surface area contributed by atoms with Crippen LogP contribution in [-0.2, 0) is 19.4 Å². The van der Waals surface area contributed by atoms with Crippen molar-refractivity contribution in [1.29, 1.82) is 0 Å². The molecule has 0 saturated heterocycles. The minimum absolute atomic E-state index is 0.167. The highest BCUT2D eigenvalue weighted by Crippen LogP contribution is 2.26. The summed E-state index contributed by atoms with van der Waals surface area (Å²) in [5.41, 5.74) is 2.82. The Balaban J connectivity index is 1.77. The number of aryl methyl sites for hydroxylation is 1. The van der Waals surface area contributed by atoms with Gasteiger partial charge in [0.2, 0.25) is 5.95 Å². The predicted octanol–water partition coefficient (Wildman–Crippen LogP) is 5.66. The molecule has 0 unspecified atom stereocenters. The number of aromatic hydroxyl groups is 1. The maximum Gasteiger partial charge on any atom is 0.573 e. The Kier molecular flexibility index (Phi) is 7.37. The molecule has 0 aliphatic carbocycles. The molecule has 164 valence electrons. The molecule has 1 heterocycles. The smallest absolute Gasteiger partial charge is 0.507 e. The summed E-state index contributed by atoms with van der Waals surface area (Å²) in [6.45, 7) is 3.00. The molecular weight excluding hydrogens is 475 g/mol. The van der Waals surface area contributed by atoms with E-state index >= 15 is 0 Å². The van der Waals surface area contributed by atoms with Crippen LogP contribution >= 0.6 is 15.9 Å². The largest absolute Gasteiger partial charge is 0.573 e. The number of ether oxygens (including phenoxy) is 1. The summed E-state index contributed by atoms with van der Waals surface area (Å²) in [5, 5.41) is 9.68.